The van der Waals surface area contributed by atoms with Crippen LogP contribution in [-0.4, -0.2) is 34.6 Å². The Hall–Kier alpha value is -0.660. The average molecular weight is 266 g/mol. The lowest BCUT2D eigenvalue weighted by atomic mass is 10.2. The minimum absolute atomic E-state index is 0.0350. The van der Waals surface area contributed by atoms with E-state index < -0.39 is 16.2 Å². The fourth-order valence-corrected chi connectivity index (χ4v) is 2.08. The molecule has 102 valence electrons. The molecule has 0 saturated heterocycles. The van der Waals surface area contributed by atoms with Crippen molar-refractivity contribution in [2.24, 2.45) is 0 Å². The Morgan fingerprint density at radius 2 is 1.76 bits per heavy atom. The quantitative estimate of drug-likeness (QED) is 0.447. The van der Waals surface area contributed by atoms with Crippen molar-refractivity contribution < 1.29 is 17.9 Å². The summed E-state index contributed by atoms with van der Waals surface area (Å²) in [6.45, 7) is 2.57. The molecule has 7 heteroatoms. The Morgan fingerprint density at radius 1 is 1.12 bits per heavy atom. The number of unbranched alkanes of at least 4 members (excludes halogenated alkanes) is 3. The van der Waals surface area contributed by atoms with Gasteiger partial charge in [0.05, 0.1) is 13.5 Å². The average Bonchev–Trinajstić information content (AvgIpc) is 2.28. The maximum absolute atomic E-state index is 11.4. The molecule has 0 aromatic carbocycles. The Bertz CT molecular complexity index is 303. The molecule has 0 spiro atoms. The SMILES string of the molecule is CCCCCCNS(=O)(=O)NCCC(=O)OC. The number of hydrogen-bond acceptors (Lipinski definition) is 4. The summed E-state index contributed by atoms with van der Waals surface area (Å²) in [5.74, 6) is -0.435. The van der Waals surface area contributed by atoms with Crippen molar-refractivity contribution in [1.82, 2.24) is 9.44 Å². The molecular formula is C10H22N2O4S. The summed E-state index contributed by atoms with van der Waals surface area (Å²) < 4.78 is 31.8. The zero-order chi connectivity index (χ0) is 13.1. The van der Waals surface area contributed by atoms with Gasteiger partial charge < -0.3 is 4.74 Å². The van der Waals surface area contributed by atoms with E-state index in [1.807, 2.05) is 0 Å². The zero-order valence-electron chi connectivity index (χ0n) is 10.5. The second-order valence-electron chi connectivity index (χ2n) is 3.68. The van der Waals surface area contributed by atoms with E-state index in [9.17, 15) is 13.2 Å². The first-order chi connectivity index (χ1) is 8.02. The predicted octanol–water partition coefficient (Wildman–Crippen LogP) is 0.554. The van der Waals surface area contributed by atoms with Crippen molar-refractivity contribution in [3.63, 3.8) is 0 Å². The number of carbonyl (C=O) groups is 1. The van der Waals surface area contributed by atoms with Crippen LogP contribution < -0.4 is 9.44 Å². The summed E-state index contributed by atoms with van der Waals surface area (Å²) in [5.41, 5.74) is 0. The summed E-state index contributed by atoms with van der Waals surface area (Å²) in [6.07, 6.45) is 4.10. The lowest BCUT2D eigenvalue weighted by Gasteiger charge is -2.07. The second kappa shape index (κ2) is 9.38. The number of methoxy groups -OCH3 is 1. The number of rotatable bonds is 10. The van der Waals surface area contributed by atoms with Gasteiger partial charge in [-0.05, 0) is 6.42 Å². The maximum Gasteiger partial charge on any atom is 0.306 e. The topological polar surface area (TPSA) is 84.5 Å². The summed E-state index contributed by atoms with van der Waals surface area (Å²) >= 11 is 0. The first kappa shape index (κ1) is 16.3. The van der Waals surface area contributed by atoms with Crippen LogP contribution in [-0.2, 0) is 19.7 Å². The number of ether oxygens (including phenoxy) is 1. The summed E-state index contributed by atoms with van der Waals surface area (Å²) in [4.78, 5) is 10.8. The molecule has 0 atom stereocenters. The van der Waals surface area contributed by atoms with Crippen molar-refractivity contribution in [3.05, 3.63) is 0 Å². The molecule has 0 aliphatic rings. The highest BCUT2D eigenvalue weighted by molar-refractivity contribution is 7.87. The van der Waals surface area contributed by atoms with Crippen molar-refractivity contribution in [3.8, 4) is 0 Å². The highest BCUT2D eigenvalue weighted by Gasteiger charge is 2.09. The highest BCUT2D eigenvalue weighted by atomic mass is 32.2. The standard InChI is InChI=1S/C10H22N2O4S/c1-3-4-5-6-8-11-17(14,15)12-9-7-10(13)16-2/h11-12H,3-9H2,1-2H3. The largest absolute Gasteiger partial charge is 0.469 e. The van der Waals surface area contributed by atoms with Gasteiger partial charge in [-0.3, -0.25) is 4.79 Å². The molecule has 0 amide bonds. The van der Waals surface area contributed by atoms with Gasteiger partial charge in [0.25, 0.3) is 10.2 Å². The van der Waals surface area contributed by atoms with E-state index in [1.165, 1.54) is 7.11 Å². The molecule has 0 aliphatic heterocycles. The molecule has 0 radical (unpaired) electrons. The Kier molecular flexibility index (Phi) is 9.01. The molecule has 0 fully saturated rings. The lowest BCUT2D eigenvalue weighted by Crippen LogP contribution is -2.38. The second-order valence-corrected chi connectivity index (χ2v) is 5.26. The van der Waals surface area contributed by atoms with Gasteiger partial charge in [0.15, 0.2) is 0 Å². The summed E-state index contributed by atoms with van der Waals surface area (Å²) in [7, 11) is -2.21. The van der Waals surface area contributed by atoms with Gasteiger partial charge >= 0.3 is 5.97 Å². The van der Waals surface area contributed by atoms with Gasteiger partial charge in [0, 0.05) is 13.1 Å². The van der Waals surface area contributed by atoms with E-state index in [0.717, 1.165) is 25.7 Å². The predicted molar refractivity (Wildman–Crippen MR) is 65.7 cm³/mol. The number of esters is 1. The van der Waals surface area contributed by atoms with E-state index in [0.29, 0.717) is 6.54 Å². The van der Waals surface area contributed by atoms with E-state index in [-0.39, 0.29) is 13.0 Å². The number of hydrogen-bond donors (Lipinski definition) is 2. The molecular weight excluding hydrogens is 244 g/mol. The summed E-state index contributed by atoms with van der Waals surface area (Å²) in [5, 5.41) is 0. The lowest BCUT2D eigenvalue weighted by molar-refractivity contribution is -0.140. The van der Waals surface area contributed by atoms with Crippen LogP contribution in [0.3, 0.4) is 0 Å². The molecule has 0 aliphatic carbocycles. The smallest absolute Gasteiger partial charge is 0.306 e. The normalized spacial score (nSPS) is 11.4. The van der Waals surface area contributed by atoms with Crippen molar-refractivity contribution in [2.75, 3.05) is 20.2 Å². The molecule has 17 heavy (non-hydrogen) atoms. The molecule has 0 unspecified atom stereocenters. The molecule has 0 aromatic heterocycles. The molecule has 6 nitrogen and oxygen atoms in total. The van der Waals surface area contributed by atoms with Crippen LogP contribution >= 0.6 is 0 Å². The first-order valence-corrected chi connectivity index (χ1v) is 7.31. The van der Waals surface area contributed by atoms with Crippen LogP contribution in [0.1, 0.15) is 39.0 Å². The Morgan fingerprint density at radius 3 is 2.35 bits per heavy atom. The van der Waals surface area contributed by atoms with Crippen molar-refractivity contribution in [2.45, 2.75) is 39.0 Å². The zero-order valence-corrected chi connectivity index (χ0v) is 11.3. The van der Waals surface area contributed by atoms with Crippen molar-refractivity contribution in [1.29, 1.82) is 0 Å². The third-order valence-electron chi connectivity index (χ3n) is 2.17. The van der Waals surface area contributed by atoms with Gasteiger partial charge in [0.1, 0.15) is 0 Å². The van der Waals surface area contributed by atoms with E-state index in [1.54, 1.807) is 0 Å². The third-order valence-corrected chi connectivity index (χ3v) is 3.34. The van der Waals surface area contributed by atoms with Crippen LogP contribution in [0.25, 0.3) is 0 Å². The molecule has 0 saturated carbocycles. The minimum Gasteiger partial charge on any atom is -0.469 e. The molecule has 0 heterocycles. The van der Waals surface area contributed by atoms with E-state index >= 15 is 0 Å². The van der Waals surface area contributed by atoms with Crippen LogP contribution in [0.15, 0.2) is 0 Å². The third kappa shape index (κ3) is 10.2. The van der Waals surface area contributed by atoms with Crippen LogP contribution in [0, 0.1) is 0 Å². The molecule has 0 rings (SSSR count). The Labute approximate surface area is 103 Å². The van der Waals surface area contributed by atoms with Crippen LogP contribution in [0.5, 0.6) is 0 Å². The van der Waals surface area contributed by atoms with E-state index in [2.05, 4.69) is 21.1 Å². The van der Waals surface area contributed by atoms with E-state index in [4.69, 9.17) is 0 Å². The summed E-state index contributed by atoms with van der Waals surface area (Å²) in [6, 6.07) is 0. The molecule has 0 aromatic rings. The van der Waals surface area contributed by atoms with Crippen LogP contribution in [0.2, 0.25) is 0 Å². The Balaban J connectivity index is 3.62. The number of nitrogens with one attached hydrogen (secondary N) is 2. The van der Waals surface area contributed by atoms with Gasteiger partial charge in [-0.2, -0.15) is 8.42 Å². The van der Waals surface area contributed by atoms with Crippen molar-refractivity contribution >= 4 is 16.2 Å². The first-order valence-electron chi connectivity index (χ1n) is 5.83. The number of carbonyl (C=O) groups excluding carboxylic acids is 1. The monoisotopic (exact) mass is 266 g/mol. The molecule has 2 N–H and O–H groups in total. The van der Waals surface area contributed by atoms with Gasteiger partial charge in [0.2, 0.25) is 0 Å². The van der Waals surface area contributed by atoms with Gasteiger partial charge in [-0.15, -0.1) is 0 Å². The van der Waals surface area contributed by atoms with Gasteiger partial charge in [-0.1, -0.05) is 26.2 Å². The fourth-order valence-electron chi connectivity index (χ4n) is 1.20. The minimum atomic E-state index is -3.48. The fraction of sp³-hybridized carbons (Fsp3) is 0.900. The molecule has 0 bridgehead atoms. The maximum atomic E-state index is 11.4. The van der Waals surface area contributed by atoms with Gasteiger partial charge in [-0.25, -0.2) is 9.44 Å². The van der Waals surface area contributed by atoms with Crippen LogP contribution in [0.4, 0.5) is 0 Å². The highest BCUT2D eigenvalue weighted by Crippen LogP contribution is 1.97.